The Morgan fingerprint density at radius 3 is 2.62 bits per heavy atom. The highest BCUT2D eigenvalue weighted by Crippen LogP contribution is 2.40. The summed E-state index contributed by atoms with van der Waals surface area (Å²) >= 11 is 0. The molecule has 176 valence electrons. The molecule has 8 nitrogen and oxygen atoms in total. The van der Waals surface area contributed by atoms with Crippen LogP contribution in [0.15, 0.2) is 72.8 Å². The summed E-state index contributed by atoms with van der Waals surface area (Å²) in [6.45, 7) is 1.55. The molecular weight excluding hydrogens is 436 g/mol. The van der Waals surface area contributed by atoms with E-state index < -0.39 is 12.6 Å². The van der Waals surface area contributed by atoms with Crippen molar-refractivity contribution in [2.24, 2.45) is 0 Å². The second kappa shape index (κ2) is 10.6. The molecule has 4 rings (SSSR count). The second-order valence-electron chi connectivity index (χ2n) is 7.65. The quantitative estimate of drug-likeness (QED) is 0.519. The zero-order valence-electron chi connectivity index (χ0n) is 18.8. The monoisotopic (exact) mass is 462 g/mol. The molecule has 0 atom stereocenters. The summed E-state index contributed by atoms with van der Waals surface area (Å²) in [6.07, 6.45) is 0. The van der Waals surface area contributed by atoms with Gasteiger partial charge in [0.25, 0.3) is 5.91 Å². The molecule has 0 radical (unpaired) electrons. The normalized spacial score (nSPS) is 12.3. The largest absolute Gasteiger partial charge is 0.497 e. The van der Waals surface area contributed by atoms with E-state index in [0.29, 0.717) is 49.1 Å². The van der Waals surface area contributed by atoms with Gasteiger partial charge in [0.1, 0.15) is 12.4 Å². The third kappa shape index (κ3) is 5.23. The molecule has 0 spiro atoms. The number of benzene rings is 3. The van der Waals surface area contributed by atoms with E-state index in [1.54, 1.807) is 36.3 Å². The third-order valence-electron chi connectivity index (χ3n) is 5.48. The van der Waals surface area contributed by atoms with Crippen LogP contribution in [0.5, 0.6) is 17.2 Å². The third-order valence-corrected chi connectivity index (χ3v) is 5.48. The van der Waals surface area contributed by atoms with Crippen molar-refractivity contribution in [3.05, 3.63) is 78.4 Å². The second-order valence-corrected chi connectivity index (χ2v) is 7.65. The van der Waals surface area contributed by atoms with Crippen LogP contribution in [0, 0.1) is 0 Å². The Balaban J connectivity index is 1.58. The number of nitrogens with zero attached hydrogens (tertiary/aromatic N) is 2. The van der Waals surface area contributed by atoms with Crippen molar-refractivity contribution in [3.8, 4) is 17.2 Å². The predicted molar refractivity (Wildman–Crippen MR) is 128 cm³/mol. The van der Waals surface area contributed by atoms with Crippen LogP contribution in [0.4, 0.5) is 11.4 Å². The fraction of sp³-hybridized carbons (Fsp3) is 0.231. The first-order valence-electron chi connectivity index (χ1n) is 10.9. The first-order chi connectivity index (χ1) is 16.6. The Hall–Kier alpha value is -4.20. The van der Waals surface area contributed by atoms with Crippen LogP contribution < -0.4 is 24.0 Å². The highest BCUT2D eigenvalue weighted by Gasteiger charge is 2.24. The van der Waals surface area contributed by atoms with Gasteiger partial charge >= 0.3 is 5.97 Å². The molecule has 3 aromatic carbocycles. The lowest BCUT2D eigenvalue weighted by Crippen LogP contribution is -2.41. The van der Waals surface area contributed by atoms with Gasteiger partial charge in [-0.2, -0.15) is 0 Å². The van der Waals surface area contributed by atoms with Crippen LogP contribution >= 0.6 is 0 Å². The summed E-state index contributed by atoms with van der Waals surface area (Å²) in [5.74, 6) is 0.395. The van der Waals surface area contributed by atoms with Crippen molar-refractivity contribution >= 4 is 23.3 Å². The molecule has 0 bridgehead atoms. The van der Waals surface area contributed by atoms with E-state index in [1.807, 2.05) is 48.5 Å². The molecule has 1 heterocycles. The van der Waals surface area contributed by atoms with Crippen molar-refractivity contribution in [2.45, 2.75) is 0 Å². The molecule has 0 saturated carbocycles. The van der Waals surface area contributed by atoms with E-state index in [2.05, 4.69) is 4.90 Å². The van der Waals surface area contributed by atoms with Crippen LogP contribution in [0.1, 0.15) is 10.4 Å². The van der Waals surface area contributed by atoms with E-state index in [9.17, 15) is 9.59 Å². The van der Waals surface area contributed by atoms with Crippen molar-refractivity contribution in [2.75, 3.05) is 49.8 Å². The Morgan fingerprint density at radius 1 is 1.06 bits per heavy atom. The summed E-state index contributed by atoms with van der Waals surface area (Å²) in [5.41, 5.74) is 2.13. The number of hydrogen-bond donors (Lipinski definition) is 1. The maximum Gasteiger partial charge on any atom is 0.341 e. The number of ether oxygens (including phenoxy) is 3. The van der Waals surface area contributed by atoms with E-state index in [4.69, 9.17) is 19.3 Å². The zero-order valence-corrected chi connectivity index (χ0v) is 18.8. The van der Waals surface area contributed by atoms with Crippen LogP contribution in [-0.4, -0.2) is 56.9 Å². The van der Waals surface area contributed by atoms with E-state index in [-0.39, 0.29) is 5.91 Å². The number of hydrogen-bond acceptors (Lipinski definition) is 6. The number of anilines is 2. The maximum atomic E-state index is 13.4. The Labute approximate surface area is 197 Å². The molecule has 0 fully saturated rings. The first kappa shape index (κ1) is 23.0. The van der Waals surface area contributed by atoms with E-state index in [1.165, 1.54) is 0 Å². The fourth-order valence-corrected chi connectivity index (χ4v) is 3.85. The van der Waals surface area contributed by atoms with Gasteiger partial charge in [0.2, 0.25) is 0 Å². The lowest BCUT2D eigenvalue weighted by molar-refractivity contribution is -0.139. The molecule has 0 aliphatic carbocycles. The Kier molecular flexibility index (Phi) is 7.17. The van der Waals surface area contributed by atoms with Gasteiger partial charge in [0, 0.05) is 30.4 Å². The number of carbonyl (C=O) groups is 2. The molecule has 1 aliphatic rings. The van der Waals surface area contributed by atoms with E-state index >= 15 is 0 Å². The Bertz CT molecular complexity index is 1150. The number of methoxy groups -OCH3 is 1. The van der Waals surface area contributed by atoms with Crippen LogP contribution in [-0.2, 0) is 4.79 Å². The number of carboxylic acid groups (broad SMARTS) is 1. The van der Waals surface area contributed by atoms with Gasteiger partial charge < -0.3 is 29.1 Å². The molecule has 1 N–H and O–H groups in total. The van der Waals surface area contributed by atoms with Gasteiger partial charge in [-0.3, -0.25) is 4.79 Å². The lowest BCUT2D eigenvalue weighted by Gasteiger charge is -2.34. The predicted octanol–water partition coefficient (Wildman–Crippen LogP) is 3.70. The summed E-state index contributed by atoms with van der Waals surface area (Å²) in [7, 11) is 1.59. The lowest BCUT2D eigenvalue weighted by atomic mass is 10.1. The molecule has 8 heteroatoms. The topological polar surface area (TPSA) is 88.5 Å². The first-order valence-corrected chi connectivity index (χ1v) is 10.9. The molecule has 0 unspecified atom stereocenters. The minimum Gasteiger partial charge on any atom is -0.497 e. The molecule has 3 aromatic rings. The van der Waals surface area contributed by atoms with Gasteiger partial charge in [-0.25, -0.2) is 4.79 Å². The molecule has 1 amide bonds. The summed E-state index contributed by atoms with van der Waals surface area (Å²) in [5, 5.41) is 8.95. The summed E-state index contributed by atoms with van der Waals surface area (Å²) in [4.78, 5) is 28.2. The minimum atomic E-state index is -1.06. The van der Waals surface area contributed by atoms with Crippen molar-refractivity contribution < 1.29 is 28.9 Å². The van der Waals surface area contributed by atoms with Crippen LogP contribution in [0.25, 0.3) is 0 Å². The van der Waals surface area contributed by atoms with Crippen molar-refractivity contribution in [1.29, 1.82) is 0 Å². The standard InChI is InChI=1S/C26H26N2O6/c1-32-21-10-5-9-20(17-21)28(26(31)19-7-3-2-4-8-19)14-13-27-15-16-33-25-22(27)11-6-12-23(25)34-18-24(29)30/h2-12,17H,13-16,18H2,1H3,(H,29,30). The molecule has 34 heavy (non-hydrogen) atoms. The maximum absolute atomic E-state index is 13.4. The number of fused-ring (bicyclic) bond motifs is 1. The highest BCUT2D eigenvalue weighted by molar-refractivity contribution is 6.06. The summed E-state index contributed by atoms with van der Waals surface area (Å²) in [6, 6.07) is 22.0. The van der Waals surface area contributed by atoms with Gasteiger partial charge in [0.15, 0.2) is 18.1 Å². The van der Waals surface area contributed by atoms with Crippen LogP contribution in [0.2, 0.25) is 0 Å². The van der Waals surface area contributed by atoms with Crippen molar-refractivity contribution in [3.63, 3.8) is 0 Å². The molecule has 0 saturated heterocycles. The average molecular weight is 463 g/mol. The molecular formula is C26H26N2O6. The van der Waals surface area contributed by atoms with Gasteiger partial charge in [-0.15, -0.1) is 0 Å². The number of carboxylic acids is 1. The number of aliphatic carboxylic acids is 1. The summed E-state index contributed by atoms with van der Waals surface area (Å²) < 4.78 is 16.6. The number of amides is 1. The Morgan fingerprint density at radius 2 is 1.85 bits per heavy atom. The van der Waals surface area contributed by atoms with Crippen LogP contribution in [0.3, 0.4) is 0 Å². The average Bonchev–Trinajstić information content (AvgIpc) is 2.88. The molecule has 0 aromatic heterocycles. The minimum absolute atomic E-state index is 0.110. The molecule has 1 aliphatic heterocycles. The number of para-hydroxylation sites is 1. The number of carbonyl (C=O) groups excluding carboxylic acids is 1. The van der Waals surface area contributed by atoms with E-state index in [0.717, 1.165) is 11.4 Å². The fourth-order valence-electron chi connectivity index (χ4n) is 3.85. The smallest absolute Gasteiger partial charge is 0.341 e. The highest BCUT2D eigenvalue weighted by atomic mass is 16.5. The number of rotatable bonds is 9. The van der Waals surface area contributed by atoms with Gasteiger partial charge in [-0.1, -0.05) is 30.3 Å². The van der Waals surface area contributed by atoms with Gasteiger partial charge in [-0.05, 0) is 36.4 Å². The van der Waals surface area contributed by atoms with Crippen molar-refractivity contribution in [1.82, 2.24) is 0 Å². The SMILES string of the molecule is COc1cccc(N(CCN2CCOc3c(OCC(=O)O)cccc32)C(=O)c2ccccc2)c1. The van der Waals surface area contributed by atoms with Gasteiger partial charge in [0.05, 0.1) is 19.3 Å². The zero-order chi connectivity index (χ0) is 23.9.